The van der Waals surface area contributed by atoms with Crippen LogP contribution in [0.25, 0.3) is 0 Å². The van der Waals surface area contributed by atoms with Crippen LogP contribution in [-0.2, 0) is 0 Å². The Morgan fingerprint density at radius 3 is 2.57 bits per heavy atom. The van der Waals surface area contributed by atoms with Crippen molar-refractivity contribution in [1.82, 2.24) is 10.6 Å². The molecule has 0 saturated carbocycles. The van der Waals surface area contributed by atoms with Crippen LogP contribution in [0.3, 0.4) is 0 Å². The monoisotopic (exact) mass is 318 g/mol. The summed E-state index contributed by atoms with van der Waals surface area (Å²) < 4.78 is 10.8. The third kappa shape index (κ3) is 5.67. The molecular formula is C17H22N2O4. The number of hydrogen-bond donors (Lipinski definition) is 3. The topological polar surface area (TPSA) is 83.7 Å². The van der Waals surface area contributed by atoms with Crippen LogP contribution in [-0.4, -0.2) is 30.3 Å². The van der Waals surface area contributed by atoms with E-state index < -0.39 is 6.10 Å². The first-order valence-corrected chi connectivity index (χ1v) is 7.51. The molecule has 2 atom stereocenters. The Bertz CT molecular complexity index is 596. The van der Waals surface area contributed by atoms with E-state index in [2.05, 4.69) is 10.6 Å². The quantitative estimate of drug-likeness (QED) is 0.732. The number of carbonyl (C=O) groups excluding carboxylic acids is 1. The summed E-state index contributed by atoms with van der Waals surface area (Å²) in [4.78, 5) is 11.7. The van der Waals surface area contributed by atoms with Crippen LogP contribution in [0.1, 0.15) is 24.4 Å². The molecule has 124 valence electrons. The van der Waals surface area contributed by atoms with Gasteiger partial charge in [0.05, 0.1) is 19.4 Å². The van der Waals surface area contributed by atoms with Crippen molar-refractivity contribution in [3.63, 3.8) is 0 Å². The molecule has 2 rings (SSSR count). The van der Waals surface area contributed by atoms with Crippen molar-refractivity contribution >= 4 is 6.03 Å². The third-order valence-electron chi connectivity index (χ3n) is 3.24. The van der Waals surface area contributed by atoms with Gasteiger partial charge in [0.15, 0.2) is 0 Å². The van der Waals surface area contributed by atoms with Gasteiger partial charge < -0.3 is 24.9 Å². The average molecular weight is 318 g/mol. The van der Waals surface area contributed by atoms with Crippen molar-refractivity contribution in [1.29, 1.82) is 0 Å². The van der Waals surface area contributed by atoms with Gasteiger partial charge in [-0.15, -0.1) is 0 Å². The molecule has 1 heterocycles. The van der Waals surface area contributed by atoms with Crippen LogP contribution in [0.4, 0.5) is 4.79 Å². The molecule has 0 aliphatic heterocycles. The molecule has 2 aromatic rings. The summed E-state index contributed by atoms with van der Waals surface area (Å²) in [7, 11) is 0. The average Bonchev–Trinajstić information content (AvgIpc) is 3.07. The van der Waals surface area contributed by atoms with Crippen LogP contribution in [0.5, 0.6) is 5.75 Å². The molecule has 23 heavy (non-hydrogen) atoms. The highest BCUT2D eigenvalue weighted by Gasteiger charge is 2.12. The largest absolute Gasteiger partial charge is 0.489 e. The fraction of sp³-hybridized carbons (Fsp3) is 0.353. The number of hydrogen-bond acceptors (Lipinski definition) is 4. The zero-order chi connectivity index (χ0) is 16.7. The lowest BCUT2D eigenvalue weighted by Crippen LogP contribution is -2.41. The van der Waals surface area contributed by atoms with Gasteiger partial charge in [-0.1, -0.05) is 17.7 Å². The van der Waals surface area contributed by atoms with Gasteiger partial charge in [0.25, 0.3) is 0 Å². The Morgan fingerprint density at radius 1 is 1.22 bits per heavy atom. The van der Waals surface area contributed by atoms with Gasteiger partial charge in [-0.2, -0.15) is 0 Å². The highest BCUT2D eigenvalue weighted by molar-refractivity contribution is 5.73. The van der Waals surface area contributed by atoms with Crippen molar-refractivity contribution in [3.8, 4) is 5.75 Å². The van der Waals surface area contributed by atoms with Crippen molar-refractivity contribution in [2.45, 2.75) is 26.1 Å². The maximum Gasteiger partial charge on any atom is 0.315 e. The number of aryl methyl sites for hydroxylation is 1. The smallest absolute Gasteiger partial charge is 0.315 e. The Kier molecular flexibility index (Phi) is 6.05. The Morgan fingerprint density at radius 2 is 1.91 bits per heavy atom. The highest BCUT2D eigenvalue weighted by Crippen LogP contribution is 2.13. The first-order chi connectivity index (χ1) is 11.0. The van der Waals surface area contributed by atoms with Crippen molar-refractivity contribution in [2.24, 2.45) is 0 Å². The van der Waals surface area contributed by atoms with Crippen LogP contribution in [0, 0.1) is 6.92 Å². The number of benzene rings is 1. The Labute approximate surface area is 135 Å². The summed E-state index contributed by atoms with van der Waals surface area (Å²) in [6, 6.07) is 10.7. The van der Waals surface area contributed by atoms with E-state index in [1.165, 1.54) is 6.26 Å². The number of aliphatic hydroxyl groups excluding tert-OH is 1. The number of nitrogens with one attached hydrogen (secondary N) is 2. The summed E-state index contributed by atoms with van der Waals surface area (Å²) in [5.41, 5.74) is 1.16. The number of ether oxygens (including phenoxy) is 1. The summed E-state index contributed by atoms with van der Waals surface area (Å²) in [6.07, 6.45) is 0.443. The lowest BCUT2D eigenvalue weighted by molar-refractivity contribution is 0.147. The van der Waals surface area contributed by atoms with E-state index in [9.17, 15) is 9.90 Å². The van der Waals surface area contributed by atoms with E-state index in [4.69, 9.17) is 9.15 Å². The molecule has 3 N–H and O–H groups in total. The van der Waals surface area contributed by atoms with Crippen LogP contribution >= 0.6 is 0 Å². The van der Waals surface area contributed by atoms with E-state index in [-0.39, 0.29) is 18.7 Å². The van der Waals surface area contributed by atoms with Gasteiger partial charge in [-0.25, -0.2) is 4.79 Å². The van der Waals surface area contributed by atoms with Gasteiger partial charge in [-0.05, 0) is 38.1 Å². The first-order valence-electron chi connectivity index (χ1n) is 7.51. The van der Waals surface area contributed by atoms with E-state index >= 15 is 0 Å². The molecule has 0 radical (unpaired) electrons. The van der Waals surface area contributed by atoms with Gasteiger partial charge in [0.1, 0.15) is 23.7 Å². The molecule has 0 aliphatic carbocycles. The minimum absolute atomic E-state index is 0.0759. The lowest BCUT2D eigenvalue weighted by Gasteiger charge is -2.16. The molecule has 6 heteroatoms. The predicted molar refractivity (Wildman–Crippen MR) is 86.3 cm³/mol. The summed E-state index contributed by atoms with van der Waals surface area (Å²) in [5.74, 6) is 1.18. The fourth-order valence-corrected chi connectivity index (χ4v) is 1.96. The minimum Gasteiger partial charge on any atom is -0.489 e. The number of amides is 2. The molecule has 1 aromatic carbocycles. The molecular weight excluding hydrogens is 296 g/mol. The fourth-order valence-electron chi connectivity index (χ4n) is 1.96. The van der Waals surface area contributed by atoms with Crippen LogP contribution in [0.2, 0.25) is 0 Å². The molecule has 0 bridgehead atoms. The second kappa shape index (κ2) is 8.24. The molecule has 0 fully saturated rings. The normalized spacial score (nSPS) is 13.2. The molecule has 6 nitrogen and oxygen atoms in total. The minimum atomic E-state index is -0.864. The van der Waals surface area contributed by atoms with Gasteiger partial charge >= 0.3 is 6.03 Å². The number of rotatable bonds is 7. The van der Waals surface area contributed by atoms with Crippen molar-refractivity contribution in [3.05, 3.63) is 54.0 Å². The first kappa shape index (κ1) is 16.9. The Balaban J connectivity index is 1.66. The van der Waals surface area contributed by atoms with Gasteiger partial charge in [0, 0.05) is 0 Å². The number of urea groups is 1. The van der Waals surface area contributed by atoms with E-state index in [1.54, 1.807) is 12.1 Å². The summed E-state index contributed by atoms with van der Waals surface area (Å²) >= 11 is 0. The van der Waals surface area contributed by atoms with E-state index in [0.29, 0.717) is 12.3 Å². The lowest BCUT2D eigenvalue weighted by atomic mass is 10.2. The molecule has 2 unspecified atom stereocenters. The predicted octanol–water partition coefficient (Wildman–Crippen LogP) is 2.39. The molecule has 2 amide bonds. The van der Waals surface area contributed by atoms with Gasteiger partial charge in [0.2, 0.25) is 0 Å². The summed E-state index contributed by atoms with van der Waals surface area (Å²) in [6.45, 7) is 4.32. The molecule has 1 aromatic heterocycles. The molecule has 0 saturated heterocycles. The molecule has 0 aliphatic rings. The second-order valence-electron chi connectivity index (χ2n) is 5.36. The summed E-state index contributed by atoms with van der Waals surface area (Å²) in [5, 5.41) is 15.1. The van der Waals surface area contributed by atoms with E-state index in [1.807, 2.05) is 38.1 Å². The van der Waals surface area contributed by atoms with Crippen LogP contribution in [0.15, 0.2) is 47.1 Å². The Hall–Kier alpha value is -2.47. The molecule has 0 spiro atoms. The number of aliphatic hydroxyl groups is 1. The third-order valence-corrected chi connectivity index (χ3v) is 3.24. The van der Waals surface area contributed by atoms with Crippen LogP contribution < -0.4 is 15.4 Å². The van der Waals surface area contributed by atoms with Crippen molar-refractivity contribution in [2.75, 3.05) is 13.1 Å². The van der Waals surface area contributed by atoms with Gasteiger partial charge in [-0.3, -0.25) is 0 Å². The SMILES string of the molecule is Cc1ccc(OC(C)CNC(=O)NCC(O)c2ccco2)cc1. The zero-order valence-corrected chi connectivity index (χ0v) is 13.3. The second-order valence-corrected chi connectivity index (χ2v) is 5.36. The van der Waals surface area contributed by atoms with Crippen molar-refractivity contribution < 1.29 is 19.1 Å². The zero-order valence-electron chi connectivity index (χ0n) is 13.3. The van der Waals surface area contributed by atoms with E-state index in [0.717, 1.165) is 11.3 Å². The number of furan rings is 1. The standard InChI is InChI=1S/C17H22N2O4/c1-12-5-7-14(8-6-12)23-13(2)10-18-17(21)19-11-15(20)16-4-3-9-22-16/h3-9,13,15,20H,10-11H2,1-2H3,(H2,18,19,21). The maximum atomic E-state index is 11.7. The number of carbonyl (C=O) groups is 1. The highest BCUT2D eigenvalue weighted by atomic mass is 16.5. The maximum absolute atomic E-state index is 11.7.